The second-order valence-electron chi connectivity index (χ2n) is 9.64. The normalized spacial score (nSPS) is 24.5. The average Bonchev–Trinajstić information content (AvgIpc) is 2.74. The Kier molecular flexibility index (Phi) is 10.3. The van der Waals surface area contributed by atoms with Gasteiger partial charge < -0.3 is 29.3 Å². The van der Waals surface area contributed by atoms with Gasteiger partial charge in [0.15, 0.2) is 0 Å². The van der Waals surface area contributed by atoms with Crippen LogP contribution in [-0.2, 0) is 4.74 Å². The van der Waals surface area contributed by atoms with Crippen molar-refractivity contribution >= 4 is 11.6 Å². The van der Waals surface area contributed by atoms with Crippen molar-refractivity contribution in [3.05, 3.63) is 23.8 Å². The summed E-state index contributed by atoms with van der Waals surface area (Å²) < 4.78 is 12.5. The predicted molar refractivity (Wildman–Crippen MR) is 130 cm³/mol. The van der Waals surface area contributed by atoms with Crippen LogP contribution in [0.1, 0.15) is 50.4 Å². The molecule has 0 aromatic heterocycles. The summed E-state index contributed by atoms with van der Waals surface area (Å²) in [5.41, 5.74) is 1.48. The molecule has 0 radical (unpaired) electrons. The molecule has 1 aliphatic rings. The van der Waals surface area contributed by atoms with E-state index in [1.54, 1.807) is 4.90 Å². The summed E-state index contributed by atoms with van der Waals surface area (Å²) in [7, 11) is 7.99. The van der Waals surface area contributed by atoms with Gasteiger partial charge in [0, 0.05) is 45.4 Å². The van der Waals surface area contributed by atoms with Gasteiger partial charge in [0.1, 0.15) is 5.75 Å². The van der Waals surface area contributed by atoms with Gasteiger partial charge in [-0.15, -0.1) is 0 Å². The number of fused-ring (bicyclic) bond motifs is 1. The third-order valence-electron chi connectivity index (χ3n) is 6.10. The fraction of sp³-hybridized carbons (Fsp3) is 0.720. The van der Waals surface area contributed by atoms with Crippen LogP contribution in [0.25, 0.3) is 0 Å². The number of anilines is 1. The topological polar surface area (TPSA) is 65.5 Å². The van der Waals surface area contributed by atoms with Crippen molar-refractivity contribution in [1.29, 1.82) is 0 Å². The number of amides is 1. The fourth-order valence-corrected chi connectivity index (χ4v) is 4.01. The molecule has 7 nitrogen and oxygen atoms in total. The molecule has 7 heteroatoms. The van der Waals surface area contributed by atoms with Crippen LogP contribution in [0, 0.1) is 5.92 Å². The third kappa shape index (κ3) is 7.36. The van der Waals surface area contributed by atoms with Crippen LogP contribution in [0.15, 0.2) is 18.2 Å². The van der Waals surface area contributed by atoms with Gasteiger partial charge in [-0.25, -0.2) is 0 Å². The zero-order valence-electron chi connectivity index (χ0n) is 21.0. The number of aliphatic hydroxyl groups excluding tert-OH is 1. The second-order valence-corrected chi connectivity index (χ2v) is 9.64. The van der Waals surface area contributed by atoms with E-state index in [9.17, 15) is 9.90 Å². The van der Waals surface area contributed by atoms with Gasteiger partial charge in [0.05, 0.1) is 30.4 Å². The Morgan fingerprint density at radius 3 is 2.53 bits per heavy atom. The van der Waals surface area contributed by atoms with Crippen LogP contribution in [0.3, 0.4) is 0 Å². The van der Waals surface area contributed by atoms with Gasteiger partial charge in [-0.1, -0.05) is 6.92 Å². The van der Waals surface area contributed by atoms with Crippen LogP contribution in [0.2, 0.25) is 0 Å². The molecule has 2 rings (SSSR count). The highest BCUT2D eigenvalue weighted by Crippen LogP contribution is 2.29. The van der Waals surface area contributed by atoms with E-state index in [4.69, 9.17) is 9.47 Å². The molecule has 0 saturated carbocycles. The maximum Gasteiger partial charge on any atom is 0.258 e. The molecule has 0 aliphatic carbocycles. The number of rotatable bonds is 5. The monoisotopic (exact) mass is 449 g/mol. The highest BCUT2D eigenvalue weighted by Gasteiger charge is 2.30. The minimum absolute atomic E-state index is 0.00472. The van der Waals surface area contributed by atoms with E-state index in [-0.39, 0.29) is 36.7 Å². The van der Waals surface area contributed by atoms with Gasteiger partial charge >= 0.3 is 0 Å². The molecule has 0 spiro atoms. The van der Waals surface area contributed by atoms with E-state index < -0.39 is 0 Å². The van der Waals surface area contributed by atoms with E-state index in [2.05, 4.69) is 11.8 Å². The van der Waals surface area contributed by atoms with E-state index in [0.29, 0.717) is 24.5 Å². The largest absolute Gasteiger partial charge is 0.490 e. The van der Waals surface area contributed by atoms with Crippen molar-refractivity contribution in [2.45, 2.75) is 58.3 Å². The average molecular weight is 450 g/mol. The first-order valence-electron chi connectivity index (χ1n) is 11.8. The molecule has 0 bridgehead atoms. The summed E-state index contributed by atoms with van der Waals surface area (Å²) in [5.74, 6) is 0.595. The number of ether oxygens (including phenoxy) is 2. The minimum Gasteiger partial charge on any atom is -0.490 e. The second kappa shape index (κ2) is 12.4. The lowest BCUT2D eigenvalue weighted by molar-refractivity contribution is -0.0137. The molecule has 0 fully saturated rings. The summed E-state index contributed by atoms with van der Waals surface area (Å²) in [5, 5.41) is 9.93. The molecule has 32 heavy (non-hydrogen) atoms. The number of hydrogen-bond acceptors (Lipinski definition) is 6. The lowest BCUT2D eigenvalue weighted by atomic mass is 10.0. The maximum atomic E-state index is 13.8. The Morgan fingerprint density at radius 2 is 1.91 bits per heavy atom. The number of likely N-dealkylation sites (N-methyl/N-ethyl adjacent to an activating group) is 1. The standard InChI is InChI=1S/C25H43N3O4/c1-18-15-28(19(2)17-29)25(30)22-14-21(27(6)7)11-12-23(22)32-20(3)10-8-9-13-31-24(18)16-26(4)5/h11-12,14,18-20,24,29H,8-10,13,15-17H2,1-7H3/t18-,19+,20-,24+/m1/s1. The Balaban J connectivity index is 2.48. The SMILES string of the molecule is C[C@@H]1CCCCO[C@@H](CN(C)C)[C@H](C)CN([C@@H](C)CO)C(=O)c2cc(N(C)C)ccc2O1. The molecular formula is C25H43N3O4. The van der Waals surface area contributed by atoms with E-state index >= 15 is 0 Å². The van der Waals surface area contributed by atoms with Crippen LogP contribution < -0.4 is 9.64 Å². The van der Waals surface area contributed by atoms with Gasteiger partial charge in [-0.3, -0.25) is 4.79 Å². The predicted octanol–water partition coefficient (Wildman–Crippen LogP) is 3.11. The fourth-order valence-electron chi connectivity index (χ4n) is 4.01. The highest BCUT2D eigenvalue weighted by molar-refractivity contribution is 5.98. The Morgan fingerprint density at radius 1 is 1.19 bits per heavy atom. The summed E-state index contributed by atoms with van der Waals surface area (Å²) in [6.07, 6.45) is 2.89. The number of carbonyl (C=O) groups is 1. The van der Waals surface area contributed by atoms with E-state index in [0.717, 1.165) is 31.5 Å². The number of aliphatic hydroxyl groups is 1. The van der Waals surface area contributed by atoms with Crippen molar-refractivity contribution < 1.29 is 19.4 Å². The molecule has 0 saturated heterocycles. The third-order valence-corrected chi connectivity index (χ3v) is 6.10. The zero-order chi connectivity index (χ0) is 23.8. The van der Waals surface area contributed by atoms with Crippen molar-refractivity contribution in [2.75, 3.05) is 59.4 Å². The molecule has 1 aliphatic heterocycles. The van der Waals surface area contributed by atoms with E-state index in [1.807, 2.05) is 65.1 Å². The van der Waals surface area contributed by atoms with Crippen molar-refractivity contribution in [1.82, 2.24) is 9.80 Å². The Hall–Kier alpha value is -1.83. The van der Waals surface area contributed by atoms with Gasteiger partial charge in [-0.05, 0) is 65.4 Å². The summed E-state index contributed by atoms with van der Waals surface area (Å²) in [6.45, 7) is 7.94. The number of carbonyl (C=O) groups excluding carboxylic acids is 1. The quantitative estimate of drug-likeness (QED) is 0.745. The summed E-state index contributed by atoms with van der Waals surface area (Å²) in [6, 6.07) is 5.46. The summed E-state index contributed by atoms with van der Waals surface area (Å²) >= 11 is 0. The van der Waals surface area contributed by atoms with Crippen LogP contribution in [0.4, 0.5) is 5.69 Å². The number of benzene rings is 1. The molecule has 4 atom stereocenters. The molecule has 0 unspecified atom stereocenters. The number of hydrogen-bond donors (Lipinski definition) is 1. The zero-order valence-corrected chi connectivity index (χ0v) is 21.0. The highest BCUT2D eigenvalue weighted by atomic mass is 16.5. The minimum atomic E-state index is -0.314. The van der Waals surface area contributed by atoms with Crippen molar-refractivity contribution in [3.8, 4) is 5.75 Å². The first kappa shape index (κ1) is 26.4. The first-order valence-corrected chi connectivity index (χ1v) is 11.8. The molecule has 1 heterocycles. The maximum absolute atomic E-state index is 13.8. The van der Waals surface area contributed by atoms with E-state index in [1.165, 1.54) is 0 Å². The molecule has 1 aromatic rings. The lowest BCUT2D eigenvalue weighted by Gasteiger charge is -2.35. The van der Waals surface area contributed by atoms with Crippen LogP contribution >= 0.6 is 0 Å². The smallest absolute Gasteiger partial charge is 0.258 e. The summed E-state index contributed by atoms with van der Waals surface area (Å²) in [4.78, 5) is 19.7. The van der Waals surface area contributed by atoms with Crippen molar-refractivity contribution in [2.24, 2.45) is 5.92 Å². The molecule has 1 aromatic carbocycles. The Bertz CT molecular complexity index is 725. The lowest BCUT2D eigenvalue weighted by Crippen LogP contribution is -2.47. The first-order chi connectivity index (χ1) is 15.1. The molecule has 182 valence electrons. The molecule has 1 amide bonds. The van der Waals surface area contributed by atoms with Gasteiger partial charge in [0.25, 0.3) is 5.91 Å². The molecular weight excluding hydrogens is 406 g/mol. The Labute approximate surface area is 194 Å². The number of nitrogens with zero attached hydrogens (tertiary/aromatic N) is 3. The van der Waals surface area contributed by atoms with Gasteiger partial charge in [-0.2, -0.15) is 0 Å². The van der Waals surface area contributed by atoms with Gasteiger partial charge in [0.2, 0.25) is 0 Å². The van der Waals surface area contributed by atoms with Crippen molar-refractivity contribution in [3.63, 3.8) is 0 Å². The van der Waals surface area contributed by atoms with Crippen LogP contribution in [-0.4, -0.2) is 93.6 Å². The van der Waals surface area contributed by atoms with Crippen LogP contribution in [0.5, 0.6) is 5.75 Å². The molecule has 1 N–H and O–H groups in total.